The van der Waals surface area contributed by atoms with Gasteiger partial charge in [0, 0.05) is 16.3 Å². The van der Waals surface area contributed by atoms with Crippen molar-refractivity contribution in [2.24, 2.45) is 0 Å². The van der Waals surface area contributed by atoms with E-state index < -0.39 is 0 Å². The summed E-state index contributed by atoms with van der Waals surface area (Å²) in [6.07, 6.45) is 0. The number of amides is 2. The molecule has 2 N–H and O–H groups in total. The molecule has 0 bridgehead atoms. The molecule has 0 saturated heterocycles. The van der Waals surface area contributed by atoms with Crippen molar-refractivity contribution < 1.29 is 9.59 Å². The van der Waals surface area contributed by atoms with Crippen molar-refractivity contribution in [1.82, 2.24) is 5.32 Å². The molecule has 0 saturated carbocycles. The van der Waals surface area contributed by atoms with Crippen LogP contribution in [-0.2, 0) is 10.5 Å². The van der Waals surface area contributed by atoms with Crippen molar-refractivity contribution in [3.05, 3.63) is 94.5 Å². The van der Waals surface area contributed by atoms with E-state index in [1.54, 1.807) is 24.3 Å². The van der Waals surface area contributed by atoms with Crippen LogP contribution in [0.15, 0.2) is 71.6 Å². The average molecular weight is 430 g/mol. The van der Waals surface area contributed by atoms with Crippen molar-refractivity contribution in [3.63, 3.8) is 0 Å². The van der Waals surface area contributed by atoms with Gasteiger partial charge in [-0.1, -0.05) is 42.5 Å². The largest absolute Gasteiger partial charge is 0.343 e. The van der Waals surface area contributed by atoms with Gasteiger partial charge < -0.3 is 10.6 Å². The van der Waals surface area contributed by atoms with Gasteiger partial charge in [-0.15, -0.1) is 11.8 Å². The molecule has 0 spiro atoms. The molecule has 156 valence electrons. The Morgan fingerprint density at radius 2 is 1.61 bits per heavy atom. The van der Waals surface area contributed by atoms with E-state index >= 15 is 0 Å². The number of nitriles is 1. The van der Waals surface area contributed by atoms with Crippen LogP contribution in [0, 0.1) is 25.2 Å². The fourth-order valence-corrected chi connectivity index (χ4v) is 4.07. The first kappa shape index (κ1) is 22.1. The van der Waals surface area contributed by atoms with Crippen LogP contribution >= 0.6 is 11.8 Å². The highest BCUT2D eigenvalue weighted by molar-refractivity contribution is 7.98. The van der Waals surface area contributed by atoms with E-state index in [4.69, 9.17) is 5.26 Å². The number of hydrogen-bond donors (Lipinski definition) is 2. The highest BCUT2D eigenvalue weighted by atomic mass is 32.2. The third kappa shape index (κ3) is 5.97. The Balaban J connectivity index is 1.60. The smallest absolute Gasteiger partial charge is 0.252 e. The highest BCUT2D eigenvalue weighted by Crippen LogP contribution is 2.26. The molecular weight excluding hydrogens is 406 g/mol. The first-order valence-corrected chi connectivity index (χ1v) is 10.8. The molecule has 6 heteroatoms. The molecule has 3 aromatic rings. The number of aryl methyl sites for hydroxylation is 2. The summed E-state index contributed by atoms with van der Waals surface area (Å²) < 4.78 is 0. The summed E-state index contributed by atoms with van der Waals surface area (Å²) in [4.78, 5) is 25.9. The Bertz CT molecular complexity index is 1110. The van der Waals surface area contributed by atoms with Crippen molar-refractivity contribution in [2.45, 2.75) is 24.5 Å². The number of carbonyl (C=O) groups excluding carboxylic acids is 2. The molecule has 0 atom stereocenters. The summed E-state index contributed by atoms with van der Waals surface area (Å²) in [6.45, 7) is 3.76. The van der Waals surface area contributed by atoms with Gasteiger partial charge in [-0.2, -0.15) is 5.26 Å². The predicted octanol–water partition coefficient (Wildman–Crippen LogP) is 4.84. The molecule has 3 aromatic carbocycles. The van der Waals surface area contributed by atoms with Crippen molar-refractivity contribution in [1.29, 1.82) is 5.26 Å². The van der Waals surface area contributed by atoms with Crippen LogP contribution in [0.2, 0.25) is 0 Å². The van der Waals surface area contributed by atoms with Crippen LogP contribution in [-0.4, -0.2) is 18.4 Å². The Hall–Kier alpha value is -3.56. The van der Waals surface area contributed by atoms with Gasteiger partial charge in [0.25, 0.3) is 5.91 Å². The minimum absolute atomic E-state index is 0.110. The van der Waals surface area contributed by atoms with Crippen molar-refractivity contribution in [3.8, 4) is 6.07 Å². The van der Waals surface area contributed by atoms with Crippen molar-refractivity contribution in [2.75, 3.05) is 11.9 Å². The summed E-state index contributed by atoms with van der Waals surface area (Å²) in [5.74, 6) is 0.108. The second-order valence-corrected chi connectivity index (χ2v) is 8.11. The summed E-state index contributed by atoms with van der Waals surface area (Å²) in [5, 5.41) is 14.5. The number of thioether (sulfide) groups is 1. The topological polar surface area (TPSA) is 82.0 Å². The molecule has 0 aromatic heterocycles. The lowest BCUT2D eigenvalue weighted by molar-refractivity contribution is -0.115. The Morgan fingerprint density at radius 1 is 0.935 bits per heavy atom. The molecule has 0 unspecified atom stereocenters. The fourth-order valence-electron chi connectivity index (χ4n) is 3.07. The Labute approximate surface area is 186 Å². The van der Waals surface area contributed by atoms with Crippen molar-refractivity contribution >= 4 is 29.3 Å². The van der Waals surface area contributed by atoms with Crippen LogP contribution in [0.3, 0.4) is 0 Å². The van der Waals surface area contributed by atoms with Gasteiger partial charge in [0.1, 0.15) is 0 Å². The summed E-state index contributed by atoms with van der Waals surface area (Å²) in [7, 11) is 0. The highest BCUT2D eigenvalue weighted by Gasteiger charge is 2.14. The first-order valence-electron chi connectivity index (χ1n) is 9.83. The Morgan fingerprint density at radius 3 is 2.29 bits per heavy atom. The molecule has 3 rings (SSSR count). The van der Waals surface area contributed by atoms with E-state index in [2.05, 4.69) is 16.7 Å². The quantitative estimate of drug-likeness (QED) is 0.527. The number of hydrogen-bond acceptors (Lipinski definition) is 4. The molecule has 0 heterocycles. The molecule has 0 fully saturated rings. The monoisotopic (exact) mass is 429 g/mol. The average Bonchev–Trinajstić information content (AvgIpc) is 2.79. The molecule has 2 amide bonds. The normalized spacial score (nSPS) is 10.2. The zero-order valence-corrected chi connectivity index (χ0v) is 18.3. The van der Waals surface area contributed by atoms with E-state index in [-0.39, 0.29) is 18.4 Å². The van der Waals surface area contributed by atoms with Crippen LogP contribution in [0.5, 0.6) is 0 Å². The maximum Gasteiger partial charge on any atom is 0.252 e. The lowest BCUT2D eigenvalue weighted by atomic mass is 10.1. The number of rotatable bonds is 7. The SMILES string of the molecule is Cc1cccc(C)c1NC(=O)CNC(=O)c1ccccc1SCc1ccc(C#N)cc1. The van der Waals surface area contributed by atoms with Gasteiger partial charge in [0.2, 0.25) is 5.91 Å². The van der Waals surface area contributed by atoms with Crippen LogP contribution in [0.25, 0.3) is 0 Å². The number of nitrogens with one attached hydrogen (secondary N) is 2. The van der Waals surface area contributed by atoms with Crippen LogP contribution < -0.4 is 10.6 Å². The van der Waals surface area contributed by atoms with Gasteiger partial charge >= 0.3 is 0 Å². The Kier molecular flexibility index (Phi) is 7.47. The second kappa shape index (κ2) is 10.5. The molecular formula is C25H23N3O2S. The number of nitrogens with zero attached hydrogens (tertiary/aromatic N) is 1. The fraction of sp³-hybridized carbons (Fsp3) is 0.160. The van der Waals surface area contributed by atoms with E-state index in [9.17, 15) is 9.59 Å². The molecule has 5 nitrogen and oxygen atoms in total. The maximum absolute atomic E-state index is 12.7. The molecule has 0 aliphatic rings. The number of carbonyl (C=O) groups is 2. The minimum Gasteiger partial charge on any atom is -0.343 e. The lowest BCUT2D eigenvalue weighted by Crippen LogP contribution is -2.33. The molecule has 0 aliphatic carbocycles. The van der Waals surface area contributed by atoms with Crippen LogP contribution in [0.4, 0.5) is 5.69 Å². The number of anilines is 1. The number of benzene rings is 3. The zero-order valence-electron chi connectivity index (χ0n) is 17.4. The van der Waals surface area contributed by atoms with Gasteiger partial charge in [0.05, 0.1) is 23.7 Å². The van der Waals surface area contributed by atoms with Gasteiger partial charge in [0.15, 0.2) is 0 Å². The van der Waals surface area contributed by atoms with E-state index in [1.807, 2.05) is 56.3 Å². The maximum atomic E-state index is 12.7. The first-order chi connectivity index (χ1) is 15.0. The standard InChI is InChI=1S/C25H23N3O2S/c1-17-6-5-7-18(2)24(17)28-23(29)15-27-25(30)21-8-3-4-9-22(21)31-16-20-12-10-19(14-26)11-13-20/h3-13H,15-16H2,1-2H3,(H,27,30)(H,28,29). The number of para-hydroxylation sites is 1. The van der Waals surface area contributed by atoms with E-state index in [0.29, 0.717) is 16.9 Å². The van der Waals surface area contributed by atoms with Gasteiger partial charge in [-0.3, -0.25) is 9.59 Å². The summed E-state index contributed by atoms with van der Waals surface area (Å²) in [6, 6.07) is 22.6. The lowest BCUT2D eigenvalue weighted by Gasteiger charge is -2.13. The van der Waals surface area contributed by atoms with E-state index in [1.165, 1.54) is 11.8 Å². The molecule has 0 radical (unpaired) electrons. The summed E-state index contributed by atoms with van der Waals surface area (Å²) >= 11 is 1.54. The third-order valence-electron chi connectivity index (χ3n) is 4.76. The molecule has 0 aliphatic heterocycles. The predicted molar refractivity (Wildman–Crippen MR) is 124 cm³/mol. The molecule has 31 heavy (non-hydrogen) atoms. The minimum atomic E-state index is -0.292. The zero-order chi connectivity index (χ0) is 22.2. The van der Waals surface area contributed by atoms with E-state index in [0.717, 1.165) is 27.3 Å². The van der Waals surface area contributed by atoms with Gasteiger partial charge in [-0.05, 0) is 54.8 Å². The van der Waals surface area contributed by atoms with Crippen LogP contribution in [0.1, 0.15) is 32.6 Å². The third-order valence-corrected chi connectivity index (χ3v) is 5.91. The van der Waals surface area contributed by atoms with Gasteiger partial charge in [-0.25, -0.2) is 0 Å². The second-order valence-electron chi connectivity index (χ2n) is 7.09. The summed E-state index contributed by atoms with van der Waals surface area (Å²) in [5.41, 5.74) is 4.94.